The van der Waals surface area contributed by atoms with Crippen molar-refractivity contribution < 1.29 is 19.1 Å². The minimum atomic E-state index is -0.488. The van der Waals surface area contributed by atoms with E-state index in [4.69, 9.17) is 9.47 Å². The van der Waals surface area contributed by atoms with Gasteiger partial charge < -0.3 is 9.47 Å². The van der Waals surface area contributed by atoms with E-state index in [0.29, 0.717) is 11.1 Å². The van der Waals surface area contributed by atoms with Gasteiger partial charge in [-0.25, -0.2) is 9.59 Å². The molecule has 0 fully saturated rings. The fraction of sp³-hybridized carbons (Fsp3) is 0.733. The van der Waals surface area contributed by atoms with Crippen LogP contribution < -0.4 is 0 Å². The van der Waals surface area contributed by atoms with Crippen LogP contribution in [0.5, 0.6) is 0 Å². The first-order valence-electron chi connectivity index (χ1n) is 13.9. The summed E-state index contributed by atoms with van der Waals surface area (Å²) < 4.78 is 12.2. The topological polar surface area (TPSA) is 52.6 Å². The third-order valence-corrected chi connectivity index (χ3v) is 7.53. The van der Waals surface area contributed by atoms with Crippen LogP contribution >= 0.6 is 0 Å². The molecule has 4 nitrogen and oxygen atoms in total. The fourth-order valence-electron chi connectivity index (χ4n) is 4.69. The highest BCUT2D eigenvalue weighted by Gasteiger charge is 2.34. The van der Waals surface area contributed by atoms with E-state index >= 15 is 0 Å². The van der Waals surface area contributed by atoms with E-state index in [9.17, 15) is 9.59 Å². The van der Waals surface area contributed by atoms with Crippen molar-refractivity contribution in [2.24, 2.45) is 0 Å². The van der Waals surface area contributed by atoms with Gasteiger partial charge in [-0.05, 0) is 63.5 Å². The highest BCUT2D eigenvalue weighted by atomic mass is 16.6. The summed E-state index contributed by atoms with van der Waals surface area (Å²) in [5, 5.41) is 0. The summed E-state index contributed by atoms with van der Waals surface area (Å²) in [7, 11) is 0. The van der Waals surface area contributed by atoms with Crippen LogP contribution in [0.3, 0.4) is 0 Å². The largest absolute Gasteiger partial charge is 0.455 e. The van der Waals surface area contributed by atoms with Crippen molar-refractivity contribution in [1.29, 1.82) is 0 Å². The number of ether oxygens (including phenoxy) is 2. The Morgan fingerprint density at radius 3 is 1.24 bits per heavy atom. The third kappa shape index (κ3) is 9.07. The lowest BCUT2D eigenvalue weighted by atomic mass is 9.89. The van der Waals surface area contributed by atoms with Crippen LogP contribution in [0.4, 0.5) is 0 Å². The van der Waals surface area contributed by atoms with Gasteiger partial charge in [0.1, 0.15) is 11.2 Å². The van der Waals surface area contributed by atoms with Crippen LogP contribution in [0.25, 0.3) is 0 Å². The molecule has 0 N–H and O–H groups in total. The van der Waals surface area contributed by atoms with Crippen LogP contribution in [0.2, 0.25) is 0 Å². The molecule has 0 aliphatic carbocycles. The first-order valence-corrected chi connectivity index (χ1v) is 13.9. The standard InChI is InChI=1S/C30H50O4/c1-7-13-15-19-23-29(9-3,10-4)33-27(31)25-21-17-18-22-26(25)28(32)34-30(11-5,12-6)24-20-16-14-8-2/h17-18,21-22H,7-16,19-20,23-24H2,1-6H3. The van der Waals surface area contributed by atoms with Gasteiger partial charge >= 0.3 is 11.9 Å². The van der Waals surface area contributed by atoms with Gasteiger partial charge in [0.05, 0.1) is 11.1 Å². The smallest absolute Gasteiger partial charge is 0.339 e. The molecule has 0 saturated carbocycles. The maximum absolute atomic E-state index is 13.3. The number of benzene rings is 1. The molecule has 0 radical (unpaired) electrons. The van der Waals surface area contributed by atoms with Crippen molar-refractivity contribution in [2.75, 3.05) is 0 Å². The van der Waals surface area contributed by atoms with Gasteiger partial charge in [-0.15, -0.1) is 0 Å². The Hall–Kier alpha value is -1.84. The molecule has 1 rings (SSSR count). The van der Waals surface area contributed by atoms with Gasteiger partial charge in [-0.2, -0.15) is 0 Å². The van der Waals surface area contributed by atoms with E-state index in [1.165, 1.54) is 25.7 Å². The van der Waals surface area contributed by atoms with Crippen molar-refractivity contribution in [1.82, 2.24) is 0 Å². The van der Waals surface area contributed by atoms with E-state index < -0.39 is 23.1 Å². The molecule has 4 heteroatoms. The number of rotatable bonds is 18. The molecule has 34 heavy (non-hydrogen) atoms. The Morgan fingerprint density at radius 2 is 0.941 bits per heavy atom. The number of esters is 2. The summed E-state index contributed by atoms with van der Waals surface area (Å²) in [5.41, 5.74) is -0.367. The number of carbonyl (C=O) groups excluding carboxylic acids is 2. The summed E-state index contributed by atoms with van der Waals surface area (Å²) in [5.74, 6) is -0.846. The van der Waals surface area contributed by atoms with E-state index in [2.05, 4.69) is 41.5 Å². The van der Waals surface area contributed by atoms with Crippen LogP contribution in [-0.2, 0) is 9.47 Å². The molecule has 0 saturated heterocycles. The summed E-state index contributed by atoms with van der Waals surface area (Å²) in [6.07, 6.45) is 13.9. The lowest BCUT2D eigenvalue weighted by molar-refractivity contribution is -0.0327. The summed E-state index contributed by atoms with van der Waals surface area (Å²) in [6, 6.07) is 6.94. The van der Waals surface area contributed by atoms with Crippen LogP contribution in [0, 0.1) is 0 Å². The molecule has 0 aliphatic rings. The predicted molar refractivity (Wildman–Crippen MR) is 141 cm³/mol. The minimum absolute atomic E-state index is 0.305. The van der Waals surface area contributed by atoms with Gasteiger partial charge in [0, 0.05) is 0 Å². The maximum atomic E-state index is 13.3. The van der Waals surface area contributed by atoms with Gasteiger partial charge in [0.2, 0.25) is 0 Å². The van der Waals surface area contributed by atoms with E-state index in [-0.39, 0.29) is 0 Å². The molecule has 0 atom stereocenters. The highest BCUT2D eigenvalue weighted by molar-refractivity contribution is 6.03. The summed E-state index contributed by atoms with van der Waals surface area (Å²) in [6.45, 7) is 12.7. The molecule has 0 aliphatic heterocycles. The number of hydrogen-bond donors (Lipinski definition) is 0. The average Bonchev–Trinajstić information content (AvgIpc) is 2.87. The lowest BCUT2D eigenvalue weighted by Crippen LogP contribution is -2.36. The van der Waals surface area contributed by atoms with Crippen molar-refractivity contribution in [3.63, 3.8) is 0 Å². The molecular weight excluding hydrogens is 424 g/mol. The molecule has 0 amide bonds. The zero-order valence-corrected chi connectivity index (χ0v) is 22.8. The van der Waals surface area contributed by atoms with E-state index in [0.717, 1.165) is 64.2 Å². The summed E-state index contributed by atoms with van der Waals surface area (Å²) in [4.78, 5) is 26.6. The first-order chi connectivity index (χ1) is 16.4. The first kappa shape index (κ1) is 30.2. The molecule has 0 bridgehead atoms. The van der Waals surface area contributed by atoms with Gasteiger partial charge in [0.25, 0.3) is 0 Å². The Morgan fingerprint density at radius 1 is 0.588 bits per heavy atom. The second-order valence-electron chi connectivity index (χ2n) is 9.73. The zero-order valence-electron chi connectivity index (χ0n) is 22.8. The Labute approximate surface area is 209 Å². The van der Waals surface area contributed by atoms with Crippen molar-refractivity contribution >= 4 is 11.9 Å². The Kier molecular flexibility index (Phi) is 14.2. The number of carbonyl (C=O) groups is 2. The molecule has 0 spiro atoms. The third-order valence-electron chi connectivity index (χ3n) is 7.53. The van der Waals surface area contributed by atoms with E-state index in [1.54, 1.807) is 24.3 Å². The Balaban J connectivity index is 3.03. The number of hydrogen-bond acceptors (Lipinski definition) is 4. The van der Waals surface area contributed by atoms with E-state index in [1.807, 2.05) is 0 Å². The Bertz CT molecular complexity index is 655. The molecular formula is C30H50O4. The second kappa shape index (κ2) is 15.9. The van der Waals surface area contributed by atoms with Crippen LogP contribution in [-0.4, -0.2) is 23.1 Å². The summed E-state index contributed by atoms with van der Waals surface area (Å²) >= 11 is 0. The SMILES string of the molecule is CCCCCCC(CC)(CC)OC(=O)c1ccccc1C(=O)OC(CC)(CC)CCCCCC. The van der Waals surface area contributed by atoms with Crippen LogP contribution in [0.15, 0.2) is 24.3 Å². The fourth-order valence-corrected chi connectivity index (χ4v) is 4.69. The zero-order chi connectivity index (χ0) is 25.5. The van der Waals surface area contributed by atoms with Gasteiger partial charge in [-0.3, -0.25) is 0 Å². The van der Waals surface area contributed by atoms with Crippen molar-refractivity contribution in [3.05, 3.63) is 35.4 Å². The highest BCUT2D eigenvalue weighted by Crippen LogP contribution is 2.32. The normalized spacial score (nSPS) is 11.9. The lowest BCUT2D eigenvalue weighted by Gasteiger charge is -2.33. The molecule has 0 unspecified atom stereocenters. The minimum Gasteiger partial charge on any atom is -0.455 e. The predicted octanol–water partition coefficient (Wildman–Crippen LogP) is 9.06. The van der Waals surface area contributed by atoms with Crippen molar-refractivity contribution in [3.8, 4) is 0 Å². The average molecular weight is 475 g/mol. The monoisotopic (exact) mass is 474 g/mol. The van der Waals surface area contributed by atoms with Crippen molar-refractivity contribution in [2.45, 2.75) is 143 Å². The molecule has 1 aromatic carbocycles. The van der Waals surface area contributed by atoms with Crippen LogP contribution in [0.1, 0.15) is 152 Å². The molecule has 0 aromatic heterocycles. The molecule has 1 aromatic rings. The quantitative estimate of drug-likeness (QED) is 0.157. The second-order valence-corrected chi connectivity index (χ2v) is 9.73. The van der Waals surface area contributed by atoms with Gasteiger partial charge in [0.15, 0.2) is 0 Å². The molecule has 194 valence electrons. The maximum Gasteiger partial charge on any atom is 0.339 e. The number of unbranched alkanes of at least 4 members (excludes halogenated alkanes) is 6. The molecule has 0 heterocycles. The van der Waals surface area contributed by atoms with Gasteiger partial charge in [-0.1, -0.05) is 92.2 Å².